The highest BCUT2D eigenvalue weighted by atomic mass is 79.9. The minimum Gasteiger partial charge on any atom is -0.330 e. The van der Waals surface area contributed by atoms with E-state index in [0.717, 1.165) is 18.6 Å². The van der Waals surface area contributed by atoms with Gasteiger partial charge in [0.1, 0.15) is 11.6 Å². The maximum atomic E-state index is 13.6. The molecule has 0 fully saturated rings. The van der Waals surface area contributed by atoms with Crippen molar-refractivity contribution in [1.29, 1.82) is 0 Å². The van der Waals surface area contributed by atoms with Crippen LogP contribution in [0.3, 0.4) is 0 Å². The highest BCUT2D eigenvalue weighted by Gasteiger charge is 2.16. The molecule has 0 aliphatic heterocycles. The molecule has 0 radical (unpaired) electrons. The fraction of sp³-hybridized carbons (Fsp3) is 0.533. The number of amides is 1. The summed E-state index contributed by atoms with van der Waals surface area (Å²) in [4.78, 5) is 11.8. The summed E-state index contributed by atoms with van der Waals surface area (Å²) in [5, 5.41) is 2.41. The molecule has 0 aliphatic rings. The third-order valence-corrected chi connectivity index (χ3v) is 4.11. The number of nitrogens with one attached hydrogen (secondary N) is 1. The summed E-state index contributed by atoms with van der Waals surface area (Å²) in [7, 11) is 0. The standard InChI is InChI=1S/C15H21BrF2N2O/c1-9(2)10(5-6-19)3-4-15(21)20-14-8-12(17)11(16)7-13(14)18/h7-10H,3-6,19H2,1-2H3,(H,20,21). The zero-order valence-electron chi connectivity index (χ0n) is 12.3. The van der Waals surface area contributed by atoms with Gasteiger partial charge in [-0.2, -0.15) is 0 Å². The summed E-state index contributed by atoms with van der Waals surface area (Å²) in [5.74, 6) is -0.817. The fourth-order valence-electron chi connectivity index (χ4n) is 2.17. The van der Waals surface area contributed by atoms with E-state index in [4.69, 9.17) is 5.73 Å². The third kappa shape index (κ3) is 5.71. The van der Waals surface area contributed by atoms with Crippen LogP contribution in [0.4, 0.5) is 14.5 Å². The van der Waals surface area contributed by atoms with Gasteiger partial charge in [-0.05, 0) is 53.2 Å². The van der Waals surface area contributed by atoms with Crippen molar-refractivity contribution < 1.29 is 13.6 Å². The largest absolute Gasteiger partial charge is 0.330 e. The van der Waals surface area contributed by atoms with E-state index in [1.54, 1.807) is 0 Å². The Morgan fingerprint density at radius 1 is 1.29 bits per heavy atom. The first-order valence-electron chi connectivity index (χ1n) is 6.99. The monoisotopic (exact) mass is 362 g/mol. The smallest absolute Gasteiger partial charge is 0.224 e. The van der Waals surface area contributed by atoms with Crippen molar-refractivity contribution in [1.82, 2.24) is 0 Å². The summed E-state index contributed by atoms with van der Waals surface area (Å²) in [6.45, 7) is 4.75. The second kappa shape index (κ2) is 8.44. The Morgan fingerprint density at radius 2 is 1.95 bits per heavy atom. The summed E-state index contributed by atoms with van der Waals surface area (Å²) < 4.78 is 27.0. The first kappa shape index (κ1) is 18.0. The minimum atomic E-state index is -0.668. The molecule has 0 heterocycles. The van der Waals surface area contributed by atoms with Crippen LogP contribution in [-0.4, -0.2) is 12.5 Å². The molecule has 0 saturated carbocycles. The molecule has 3 nitrogen and oxygen atoms in total. The molecule has 1 rings (SSSR count). The van der Waals surface area contributed by atoms with Crippen LogP contribution in [0.2, 0.25) is 0 Å². The summed E-state index contributed by atoms with van der Waals surface area (Å²) in [6.07, 6.45) is 1.80. The van der Waals surface area contributed by atoms with Crippen LogP contribution in [0.5, 0.6) is 0 Å². The number of halogens is 3. The van der Waals surface area contributed by atoms with Crippen molar-refractivity contribution in [2.75, 3.05) is 11.9 Å². The van der Waals surface area contributed by atoms with Crippen molar-refractivity contribution >= 4 is 27.5 Å². The second-order valence-corrected chi connectivity index (χ2v) is 6.27. The SMILES string of the molecule is CC(C)C(CCN)CCC(=O)Nc1cc(F)c(Br)cc1F. The number of carbonyl (C=O) groups excluding carboxylic acids is 1. The predicted octanol–water partition coefficient (Wildman–Crippen LogP) is 4.07. The van der Waals surface area contributed by atoms with Crippen molar-refractivity contribution in [3.8, 4) is 0 Å². The molecule has 0 aromatic heterocycles. The lowest BCUT2D eigenvalue weighted by Crippen LogP contribution is -2.19. The molecule has 118 valence electrons. The average Bonchev–Trinajstić information content (AvgIpc) is 2.40. The Labute approximate surface area is 132 Å². The molecule has 1 aromatic carbocycles. The lowest BCUT2D eigenvalue weighted by molar-refractivity contribution is -0.116. The molecule has 0 bridgehead atoms. The molecule has 0 saturated heterocycles. The Hall–Kier alpha value is -1.01. The lowest BCUT2D eigenvalue weighted by Gasteiger charge is -2.19. The Bertz CT molecular complexity index is 495. The van der Waals surface area contributed by atoms with Crippen LogP contribution < -0.4 is 11.1 Å². The van der Waals surface area contributed by atoms with Crippen LogP contribution in [0, 0.1) is 23.5 Å². The maximum Gasteiger partial charge on any atom is 0.224 e. The van der Waals surface area contributed by atoms with Crippen molar-refractivity contribution in [3.05, 3.63) is 28.2 Å². The lowest BCUT2D eigenvalue weighted by atomic mass is 9.88. The van der Waals surface area contributed by atoms with E-state index in [1.807, 2.05) is 0 Å². The predicted molar refractivity (Wildman–Crippen MR) is 83.9 cm³/mol. The van der Waals surface area contributed by atoms with Gasteiger partial charge in [0.15, 0.2) is 0 Å². The second-order valence-electron chi connectivity index (χ2n) is 5.41. The highest BCUT2D eigenvalue weighted by Crippen LogP contribution is 2.24. The third-order valence-electron chi connectivity index (χ3n) is 3.51. The number of benzene rings is 1. The van der Waals surface area contributed by atoms with Gasteiger partial charge in [-0.3, -0.25) is 4.79 Å². The van der Waals surface area contributed by atoms with Crippen molar-refractivity contribution in [2.45, 2.75) is 33.1 Å². The molecular weight excluding hydrogens is 342 g/mol. The van der Waals surface area contributed by atoms with E-state index in [1.165, 1.54) is 0 Å². The topological polar surface area (TPSA) is 55.1 Å². The average molecular weight is 363 g/mol. The quantitative estimate of drug-likeness (QED) is 0.718. The number of hydrogen-bond acceptors (Lipinski definition) is 2. The molecular formula is C15H21BrF2N2O. The number of hydrogen-bond donors (Lipinski definition) is 2. The van der Waals surface area contributed by atoms with Crippen LogP contribution in [-0.2, 0) is 4.79 Å². The first-order valence-corrected chi connectivity index (χ1v) is 7.79. The van der Waals surface area contributed by atoms with E-state index in [0.29, 0.717) is 24.8 Å². The number of anilines is 1. The summed E-state index contributed by atoms with van der Waals surface area (Å²) in [6, 6.07) is 1.97. The maximum absolute atomic E-state index is 13.6. The number of nitrogens with two attached hydrogens (primary N) is 1. The molecule has 3 N–H and O–H groups in total. The summed E-state index contributed by atoms with van der Waals surface area (Å²) in [5.41, 5.74) is 5.41. The van der Waals surface area contributed by atoms with Gasteiger partial charge in [0.25, 0.3) is 0 Å². The van der Waals surface area contributed by atoms with Crippen molar-refractivity contribution in [2.24, 2.45) is 17.6 Å². The fourth-order valence-corrected chi connectivity index (χ4v) is 2.49. The number of rotatable bonds is 7. The zero-order chi connectivity index (χ0) is 16.0. The molecule has 6 heteroatoms. The van der Waals surface area contributed by atoms with Gasteiger partial charge in [-0.25, -0.2) is 8.78 Å². The zero-order valence-corrected chi connectivity index (χ0v) is 13.8. The molecule has 0 spiro atoms. The van der Waals surface area contributed by atoms with Crippen LogP contribution in [0.15, 0.2) is 16.6 Å². The summed E-state index contributed by atoms with van der Waals surface area (Å²) >= 11 is 2.89. The normalized spacial score (nSPS) is 12.5. The molecule has 1 aromatic rings. The van der Waals surface area contributed by atoms with E-state index < -0.39 is 11.6 Å². The van der Waals surface area contributed by atoms with E-state index in [2.05, 4.69) is 35.1 Å². The van der Waals surface area contributed by atoms with E-state index >= 15 is 0 Å². The van der Waals surface area contributed by atoms with Gasteiger partial charge in [-0.1, -0.05) is 13.8 Å². The molecule has 1 unspecified atom stereocenters. The van der Waals surface area contributed by atoms with Gasteiger partial charge < -0.3 is 11.1 Å². The molecule has 21 heavy (non-hydrogen) atoms. The van der Waals surface area contributed by atoms with Gasteiger partial charge in [-0.15, -0.1) is 0 Å². The van der Waals surface area contributed by atoms with Gasteiger partial charge in [0.2, 0.25) is 5.91 Å². The Kier molecular flexibility index (Phi) is 7.25. The van der Waals surface area contributed by atoms with Gasteiger partial charge in [0.05, 0.1) is 10.2 Å². The highest BCUT2D eigenvalue weighted by molar-refractivity contribution is 9.10. The van der Waals surface area contributed by atoms with Gasteiger partial charge >= 0.3 is 0 Å². The Balaban J connectivity index is 2.60. The molecule has 0 aliphatic carbocycles. The van der Waals surface area contributed by atoms with Gasteiger partial charge in [0, 0.05) is 12.5 Å². The minimum absolute atomic E-state index is 0.0285. The van der Waals surface area contributed by atoms with Crippen LogP contribution in [0.25, 0.3) is 0 Å². The van der Waals surface area contributed by atoms with E-state index in [-0.39, 0.29) is 22.5 Å². The van der Waals surface area contributed by atoms with Crippen LogP contribution >= 0.6 is 15.9 Å². The Morgan fingerprint density at radius 3 is 2.52 bits per heavy atom. The number of carbonyl (C=O) groups is 1. The van der Waals surface area contributed by atoms with Crippen molar-refractivity contribution in [3.63, 3.8) is 0 Å². The first-order chi connectivity index (χ1) is 9.85. The molecule has 1 atom stereocenters. The molecule has 1 amide bonds. The van der Waals surface area contributed by atoms with Crippen LogP contribution in [0.1, 0.15) is 33.1 Å². The van der Waals surface area contributed by atoms with E-state index in [9.17, 15) is 13.6 Å².